The van der Waals surface area contributed by atoms with Crippen molar-refractivity contribution < 1.29 is 13.9 Å². The van der Waals surface area contributed by atoms with E-state index >= 15 is 0 Å². The first-order valence-electron chi connectivity index (χ1n) is 6.78. The number of esters is 1. The van der Waals surface area contributed by atoms with Crippen molar-refractivity contribution in [3.05, 3.63) is 23.2 Å². The Morgan fingerprint density at radius 2 is 2.10 bits per heavy atom. The molecule has 0 spiro atoms. The molecule has 5 heteroatoms. The van der Waals surface area contributed by atoms with Crippen LogP contribution in [0.1, 0.15) is 35.7 Å². The fourth-order valence-electron chi connectivity index (χ4n) is 2.38. The third kappa shape index (κ3) is 4.98. The van der Waals surface area contributed by atoms with Crippen molar-refractivity contribution in [1.29, 1.82) is 0 Å². The topological polar surface area (TPSA) is 54.7 Å². The second kappa shape index (κ2) is 6.90. The Morgan fingerprint density at radius 1 is 1.45 bits per heavy atom. The molecule has 1 aromatic rings. The number of aryl methyl sites for hydroxylation is 1. The van der Waals surface area contributed by atoms with Crippen molar-refractivity contribution in [2.75, 3.05) is 34.3 Å². The van der Waals surface area contributed by atoms with E-state index in [1.165, 1.54) is 7.11 Å². The Kier molecular flexibility index (Phi) is 5.77. The number of furan rings is 1. The number of nitrogens with zero attached hydrogens (tertiary/aromatic N) is 1. The number of nitrogens with one attached hydrogen (secondary N) is 1. The Balaban J connectivity index is 2.52. The minimum absolute atomic E-state index is 0.177. The molecule has 1 rings (SSSR count). The molecule has 0 aliphatic heterocycles. The van der Waals surface area contributed by atoms with Gasteiger partial charge in [0.2, 0.25) is 0 Å². The quantitative estimate of drug-likeness (QED) is 0.776. The molecule has 0 aliphatic rings. The van der Waals surface area contributed by atoms with Gasteiger partial charge in [-0.1, -0.05) is 13.8 Å². The van der Waals surface area contributed by atoms with Crippen LogP contribution in [-0.2, 0) is 11.3 Å². The molecule has 0 aromatic carbocycles. The first-order valence-corrected chi connectivity index (χ1v) is 6.78. The van der Waals surface area contributed by atoms with Gasteiger partial charge in [0.15, 0.2) is 0 Å². The summed E-state index contributed by atoms with van der Waals surface area (Å²) in [5, 5.41) is 3.37. The van der Waals surface area contributed by atoms with Gasteiger partial charge in [0.1, 0.15) is 17.1 Å². The monoisotopic (exact) mass is 282 g/mol. The number of carbonyl (C=O) groups is 1. The number of carbonyl (C=O) groups excluding carboxylic acids is 1. The van der Waals surface area contributed by atoms with Gasteiger partial charge in [0.05, 0.1) is 13.7 Å². The molecule has 0 saturated heterocycles. The number of hydrogen-bond donors (Lipinski definition) is 1. The SMILES string of the molecule is COC(=O)c1cc(CNCC(C)(C)CN(C)C)oc1C. The Labute approximate surface area is 121 Å². The normalized spacial score (nSPS) is 11.9. The van der Waals surface area contributed by atoms with E-state index in [2.05, 4.69) is 38.2 Å². The Bertz CT molecular complexity index is 450. The van der Waals surface area contributed by atoms with E-state index in [4.69, 9.17) is 9.15 Å². The molecule has 0 saturated carbocycles. The van der Waals surface area contributed by atoms with Crippen molar-refractivity contribution in [2.45, 2.75) is 27.3 Å². The molecule has 0 fully saturated rings. The summed E-state index contributed by atoms with van der Waals surface area (Å²) in [6.07, 6.45) is 0. The van der Waals surface area contributed by atoms with Crippen LogP contribution in [0, 0.1) is 12.3 Å². The van der Waals surface area contributed by atoms with Gasteiger partial charge in [-0.3, -0.25) is 0 Å². The van der Waals surface area contributed by atoms with Crippen LogP contribution < -0.4 is 5.32 Å². The Hall–Kier alpha value is -1.33. The molecular formula is C15H26N2O3. The standard InChI is InChI=1S/C15H26N2O3/c1-11-13(14(18)19-6)7-12(20-11)8-16-9-15(2,3)10-17(4)5/h7,16H,8-10H2,1-6H3. The van der Waals surface area contributed by atoms with Crippen LogP contribution in [0.4, 0.5) is 0 Å². The van der Waals surface area contributed by atoms with Crippen LogP contribution >= 0.6 is 0 Å². The molecule has 1 aromatic heterocycles. The fraction of sp³-hybridized carbons (Fsp3) is 0.667. The molecule has 0 aliphatic carbocycles. The molecule has 0 bridgehead atoms. The first kappa shape index (κ1) is 16.7. The predicted molar refractivity (Wildman–Crippen MR) is 78.8 cm³/mol. The maximum absolute atomic E-state index is 11.5. The lowest BCUT2D eigenvalue weighted by atomic mass is 9.93. The van der Waals surface area contributed by atoms with Crippen molar-refractivity contribution in [3.63, 3.8) is 0 Å². The third-order valence-corrected chi connectivity index (χ3v) is 3.02. The van der Waals surface area contributed by atoms with E-state index in [9.17, 15) is 4.79 Å². The molecule has 20 heavy (non-hydrogen) atoms. The highest BCUT2D eigenvalue weighted by atomic mass is 16.5. The lowest BCUT2D eigenvalue weighted by molar-refractivity contribution is 0.0599. The minimum atomic E-state index is -0.356. The summed E-state index contributed by atoms with van der Waals surface area (Å²) in [4.78, 5) is 13.7. The largest absolute Gasteiger partial charge is 0.465 e. The number of ether oxygens (including phenoxy) is 1. The van der Waals surface area contributed by atoms with E-state index in [0.717, 1.165) is 18.8 Å². The Morgan fingerprint density at radius 3 is 2.65 bits per heavy atom. The summed E-state index contributed by atoms with van der Waals surface area (Å²) in [5.41, 5.74) is 0.674. The molecule has 0 radical (unpaired) electrons. The fourth-order valence-corrected chi connectivity index (χ4v) is 2.38. The van der Waals surface area contributed by atoms with E-state index in [0.29, 0.717) is 17.9 Å². The zero-order valence-corrected chi connectivity index (χ0v) is 13.4. The lowest BCUT2D eigenvalue weighted by Crippen LogP contribution is -2.37. The highest BCUT2D eigenvalue weighted by Gasteiger charge is 2.19. The second-order valence-electron chi connectivity index (χ2n) is 6.18. The van der Waals surface area contributed by atoms with Gasteiger partial charge in [0, 0.05) is 13.1 Å². The van der Waals surface area contributed by atoms with E-state index in [1.807, 2.05) is 0 Å². The van der Waals surface area contributed by atoms with E-state index in [-0.39, 0.29) is 11.4 Å². The van der Waals surface area contributed by atoms with Crippen LogP contribution in [0.2, 0.25) is 0 Å². The minimum Gasteiger partial charge on any atom is -0.465 e. The summed E-state index contributed by atoms with van der Waals surface area (Å²) in [7, 11) is 5.51. The number of methoxy groups -OCH3 is 1. The van der Waals surface area contributed by atoms with Gasteiger partial charge in [-0.15, -0.1) is 0 Å². The highest BCUT2D eigenvalue weighted by molar-refractivity contribution is 5.90. The van der Waals surface area contributed by atoms with E-state index in [1.54, 1.807) is 13.0 Å². The van der Waals surface area contributed by atoms with Gasteiger partial charge < -0.3 is 19.4 Å². The van der Waals surface area contributed by atoms with Crippen molar-refractivity contribution >= 4 is 5.97 Å². The average Bonchev–Trinajstić information content (AvgIpc) is 2.67. The summed E-state index contributed by atoms with van der Waals surface area (Å²) < 4.78 is 10.3. The maximum Gasteiger partial charge on any atom is 0.341 e. The highest BCUT2D eigenvalue weighted by Crippen LogP contribution is 2.17. The summed E-state index contributed by atoms with van der Waals surface area (Å²) in [6, 6.07) is 1.74. The van der Waals surface area contributed by atoms with Gasteiger partial charge >= 0.3 is 5.97 Å². The molecule has 114 valence electrons. The van der Waals surface area contributed by atoms with Gasteiger partial charge in [-0.25, -0.2) is 4.79 Å². The first-order chi connectivity index (χ1) is 9.25. The van der Waals surface area contributed by atoms with Crippen molar-refractivity contribution in [1.82, 2.24) is 10.2 Å². The third-order valence-electron chi connectivity index (χ3n) is 3.02. The second-order valence-corrected chi connectivity index (χ2v) is 6.18. The maximum atomic E-state index is 11.5. The van der Waals surface area contributed by atoms with Gasteiger partial charge in [-0.05, 0) is 32.5 Å². The smallest absolute Gasteiger partial charge is 0.341 e. The van der Waals surface area contributed by atoms with Crippen LogP contribution in [0.15, 0.2) is 10.5 Å². The van der Waals surface area contributed by atoms with Crippen LogP contribution in [0.25, 0.3) is 0 Å². The molecular weight excluding hydrogens is 256 g/mol. The van der Waals surface area contributed by atoms with E-state index < -0.39 is 0 Å². The van der Waals surface area contributed by atoms with Crippen LogP contribution in [0.5, 0.6) is 0 Å². The summed E-state index contributed by atoms with van der Waals surface area (Å²) in [6.45, 7) is 8.68. The summed E-state index contributed by atoms with van der Waals surface area (Å²) >= 11 is 0. The summed E-state index contributed by atoms with van der Waals surface area (Å²) in [5.74, 6) is 0.996. The van der Waals surface area contributed by atoms with Crippen molar-refractivity contribution in [2.24, 2.45) is 5.41 Å². The molecule has 0 amide bonds. The average molecular weight is 282 g/mol. The molecule has 5 nitrogen and oxygen atoms in total. The molecule has 1 N–H and O–H groups in total. The van der Waals surface area contributed by atoms with Gasteiger partial charge in [-0.2, -0.15) is 0 Å². The lowest BCUT2D eigenvalue weighted by Gasteiger charge is -2.28. The van der Waals surface area contributed by atoms with Crippen LogP contribution in [0.3, 0.4) is 0 Å². The number of hydrogen-bond acceptors (Lipinski definition) is 5. The predicted octanol–water partition coefficient (Wildman–Crippen LogP) is 2.05. The molecule has 0 atom stereocenters. The zero-order chi connectivity index (χ0) is 15.3. The van der Waals surface area contributed by atoms with Gasteiger partial charge in [0.25, 0.3) is 0 Å². The molecule has 1 heterocycles. The van der Waals surface area contributed by atoms with Crippen molar-refractivity contribution in [3.8, 4) is 0 Å². The zero-order valence-electron chi connectivity index (χ0n) is 13.4. The number of rotatable bonds is 7. The molecule has 0 unspecified atom stereocenters. The van der Waals surface area contributed by atoms with Crippen LogP contribution in [-0.4, -0.2) is 45.2 Å².